The highest BCUT2D eigenvalue weighted by Gasteiger charge is 2.17. The molecular formula is C13H25Cl3N4O2S. The van der Waals surface area contributed by atoms with Crippen LogP contribution in [0.25, 0.3) is 0 Å². The summed E-state index contributed by atoms with van der Waals surface area (Å²) in [6, 6.07) is 0. The molecule has 1 amide bonds. The van der Waals surface area contributed by atoms with E-state index in [-0.39, 0.29) is 43.1 Å². The Balaban J connectivity index is 0. The Kier molecular flexibility index (Phi) is 14.4. The maximum absolute atomic E-state index is 11.7. The van der Waals surface area contributed by atoms with E-state index in [9.17, 15) is 4.79 Å². The molecule has 1 fully saturated rings. The van der Waals surface area contributed by atoms with Gasteiger partial charge in [-0.15, -0.1) is 48.6 Å². The van der Waals surface area contributed by atoms with Crippen LogP contribution in [0.2, 0.25) is 0 Å². The summed E-state index contributed by atoms with van der Waals surface area (Å²) in [5, 5.41) is 6.14. The molecule has 1 saturated heterocycles. The van der Waals surface area contributed by atoms with Gasteiger partial charge in [0.25, 0.3) is 0 Å². The third-order valence-corrected chi connectivity index (χ3v) is 4.18. The third kappa shape index (κ3) is 7.98. The molecule has 2 heterocycles. The number of nitrogens with one attached hydrogen (secondary N) is 1. The van der Waals surface area contributed by atoms with Crippen molar-refractivity contribution in [2.75, 3.05) is 51.3 Å². The van der Waals surface area contributed by atoms with Gasteiger partial charge in [-0.2, -0.15) is 0 Å². The van der Waals surface area contributed by atoms with Crippen molar-refractivity contribution in [3.8, 4) is 0 Å². The number of hydrogen-bond acceptors (Lipinski definition) is 6. The van der Waals surface area contributed by atoms with E-state index in [4.69, 9.17) is 4.74 Å². The van der Waals surface area contributed by atoms with Crippen LogP contribution >= 0.6 is 48.6 Å². The summed E-state index contributed by atoms with van der Waals surface area (Å²) in [4.78, 5) is 20.3. The van der Waals surface area contributed by atoms with Gasteiger partial charge in [0.05, 0.1) is 18.8 Å². The summed E-state index contributed by atoms with van der Waals surface area (Å²) in [5.74, 6) is 0.00474. The minimum Gasteiger partial charge on any atom is -0.383 e. The fourth-order valence-corrected chi connectivity index (χ4v) is 3.05. The second kappa shape index (κ2) is 13.2. The van der Waals surface area contributed by atoms with E-state index in [1.807, 2.05) is 5.38 Å². The van der Waals surface area contributed by atoms with E-state index in [1.165, 1.54) is 11.3 Å². The van der Waals surface area contributed by atoms with Gasteiger partial charge in [-0.3, -0.25) is 14.6 Å². The molecule has 1 aromatic heterocycles. The van der Waals surface area contributed by atoms with Crippen LogP contribution in [-0.2, 0) is 16.1 Å². The number of ether oxygens (including phenoxy) is 1. The predicted octanol–water partition coefficient (Wildman–Crippen LogP) is 1.81. The number of rotatable bonds is 6. The Morgan fingerprint density at radius 3 is 2.61 bits per heavy atom. The molecule has 1 aliphatic heterocycles. The molecule has 0 bridgehead atoms. The fraction of sp³-hybridized carbons (Fsp3) is 0.692. The third-order valence-electron chi connectivity index (χ3n) is 3.26. The number of halogens is 3. The van der Waals surface area contributed by atoms with Gasteiger partial charge in [0, 0.05) is 52.1 Å². The number of carbonyl (C=O) groups excluding carboxylic acids is 1. The van der Waals surface area contributed by atoms with Crippen LogP contribution in [-0.4, -0.2) is 62.2 Å². The van der Waals surface area contributed by atoms with E-state index in [0.29, 0.717) is 13.2 Å². The van der Waals surface area contributed by atoms with Gasteiger partial charge in [0.2, 0.25) is 5.91 Å². The standard InChI is InChI=1S/C13H22N4O2S.3ClH/c1-11(18)17(7-8-19-2)13-15-12(10-20-13)9-16-5-3-14-4-6-16;;;/h10,14H,3-9H2,1-2H3;3*1H. The van der Waals surface area contributed by atoms with Gasteiger partial charge >= 0.3 is 0 Å². The molecule has 0 aromatic carbocycles. The summed E-state index contributed by atoms with van der Waals surface area (Å²) in [6.07, 6.45) is 0. The van der Waals surface area contributed by atoms with Crippen LogP contribution in [0.5, 0.6) is 0 Å². The average molecular weight is 408 g/mol. The normalized spacial score (nSPS) is 14.2. The number of carbonyl (C=O) groups is 1. The predicted molar refractivity (Wildman–Crippen MR) is 102 cm³/mol. The maximum Gasteiger partial charge on any atom is 0.225 e. The number of thiazole rings is 1. The van der Waals surface area contributed by atoms with Crippen LogP contribution in [0.1, 0.15) is 12.6 Å². The van der Waals surface area contributed by atoms with Crippen molar-refractivity contribution in [1.29, 1.82) is 0 Å². The first-order valence-corrected chi connectivity index (χ1v) is 7.73. The largest absolute Gasteiger partial charge is 0.383 e. The van der Waals surface area contributed by atoms with E-state index in [2.05, 4.69) is 15.2 Å². The topological polar surface area (TPSA) is 57.7 Å². The first kappa shape index (κ1) is 25.1. The first-order valence-electron chi connectivity index (χ1n) is 6.85. The second-order valence-corrected chi connectivity index (χ2v) is 5.65. The minimum atomic E-state index is 0. The van der Waals surface area contributed by atoms with Crippen molar-refractivity contribution in [2.45, 2.75) is 13.5 Å². The van der Waals surface area contributed by atoms with Crippen molar-refractivity contribution in [2.24, 2.45) is 0 Å². The lowest BCUT2D eigenvalue weighted by Gasteiger charge is -2.26. The molecule has 1 aliphatic rings. The van der Waals surface area contributed by atoms with Gasteiger partial charge < -0.3 is 10.1 Å². The number of aromatic nitrogens is 1. The van der Waals surface area contributed by atoms with E-state index in [1.54, 1.807) is 18.9 Å². The van der Waals surface area contributed by atoms with Crippen molar-refractivity contribution >= 4 is 59.6 Å². The van der Waals surface area contributed by atoms with Gasteiger partial charge in [0.15, 0.2) is 5.13 Å². The van der Waals surface area contributed by atoms with Gasteiger partial charge in [-0.05, 0) is 0 Å². The Hall–Kier alpha value is -0.150. The number of amides is 1. The van der Waals surface area contributed by atoms with E-state index >= 15 is 0 Å². The molecule has 136 valence electrons. The molecule has 6 nitrogen and oxygen atoms in total. The first-order chi connectivity index (χ1) is 9.70. The van der Waals surface area contributed by atoms with Crippen molar-refractivity contribution in [3.63, 3.8) is 0 Å². The van der Waals surface area contributed by atoms with Crippen LogP contribution in [0.4, 0.5) is 5.13 Å². The van der Waals surface area contributed by atoms with Gasteiger partial charge in [0.1, 0.15) is 0 Å². The number of methoxy groups -OCH3 is 1. The lowest BCUT2D eigenvalue weighted by Crippen LogP contribution is -2.42. The van der Waals surface area contributed by atoms with Crippen LogP contribution in [0.3, 0.4) is 0 Å². The molecule has 0 atom stereocenters. The highest BCUT2D eigenvalue weighted by molar-refractivity contribution is 7.14. The van der Waals surface area contributed by atoms with Gasteiger partial charge in [-0.1, -0.05) is 0 Å². The van der Waals surface area contributed by atoms with E-state index in [0.717, 1.165) is 43.5 Å². The molecule has 2 rings (SSSR count). The molecule has 1 aromatic rings. The zero-order valence-electron chi connectivity index (χ0n) is 13.3. The van der Waals surface area contributed by atoms with Gasteiger partial charge in [-0.25, -0.2) is 4.98 Å². The molecule has 0 unspecified atom stereocenters. The van der Waals surface area contributed by atoms with Crippen LogP contribution in [0.15, 0.2) is 5.38 Å². The monoisotopic (exact) mass is 406 g/mol. The number of anilines is 1. The van der Waals surface area contributed by atoms with Crippen molar-refractivity contribution in [1.82, 2.24) is 15.2 Å². The Bertz CT molecular complexity index is 445. The SMILES string of the molecule is COCCN(C(C)=O)c1nc(CN2CCNCC2)cs1.Cl.Cl.Cl. The maximum atomic E-state index is 11.7. The molecule has 1 N–H and O–H groups in total. The molecular weight excluding hydrogens is 383 g/mol. The fourth-order valence-electron chi connectivity index (χ4n) is 2.16. The van der Waals surface area contributed by atoms with Crippen LogP contribution in [0, 0.1) is 0 Å². The minimum absolute atomic E-state index is 0. The summed E-state index contributed by atoms with van der Waals surface area (Å²) >= 11 is 1.52. The Labute approximate surface area is 160 Å². The second-order valence-electron chi connectivity index (χ2n) is 4.81. The highest BCUT2D eigenvalue weighted by atomic mass is 35.5. The summed E-state index contributed by atoms with van der Waals surface area (Å²) in [6.45, 7) is 7.65. The summed E-state index contributed by atoms with van der Waals surface area (Å²) < 4.78 is 5.04. The lowest BCUT2D eigenvalue weighted by atomic mass is 10.3. The summed E-state index contributed by atoms with van der Waals surface area (Å²) in [5.41, 5.74) is 1.04. The zero-order valence-corrected chi connectivity index (χ0v) is 16.6. The molecule has 0 saturated carbocycles. The number of nitrogens with zero attached hydrogens (tertiary/aromatic N) is 3. The number of piperazine rings is 1. The molecule has 23 heavy (non-hydrogen) atoms. The summed E-state index contributed by atoms with van der Waals surface area (Å²) in [7, 11) is 1.63. The van der Waals surface area contributed by atoms with Crippen molar-refractivity contribution in [3.05, 3.63) is 11.1 Å². The average Bonchev–Trinajstić information content (AvgIpc) is 2.88. The lowest BCUT2D eigenvalue weighted by molar-refractivity contribution is -0.116. The smallest absolute Gasteiger partial charge is 0.225 e. The Morgan fingerprint density at radius 1 is 1.39 bits per heavy atom. The van der Waals surface area contributed by atoms with Crippen LogP contribution < -0.4 is 10.2 Å². The van der Waals surface area contributed by atoms with Crippen molar-refractivity contribution < 1.29 is 9.53 Å². The number of hydrogen-bond donors (Lipinski definition) is 1. The molecule has 0 aliphatic carbocycles. The molecule has 0 radical (unpaired) electrons. The molecule has 10 heteroatoms. The quantitative estimate of drug-likeness (QED) is 0.779. The molecule has 0 spiro atoms. The van der Waals surface area contributed by atoms with E-state index < -0.39 is 0 Å². The zero-order chi connectivity index (χ0) is 14.4. The Morgan fingerprint density at radius 2 is 2.04 bits per heavy atom. The highest BCUT2D eigenvalue weighted by Crippen LogP contribution is 2.21.